The minimum absolute atomic E-state index is 0.744. The molecule has 0 atom stereocenters. The van der Waals surface area contributed by atoms with Crippen molar-refractivity contribution in [2.45, 2.75) is 13.1 Å². The molecule has 0 radical (unpaired) electrons. The summed E-state index contributed by atoms with van der Waals surface area (Å²) in [6.07, 6.45) is 0. The van der Waals surface area contributed by atoms with Crippen molar-refractivity contribution in [1.82, 2.24) is 4.90 Å². The summed E-state index contributed by atoms with van der Waals surface area (Å²) in [4.78, 5) is 3.63. The maximum Gasteiger partial charge on any atom is 0.121 e. The lowest BCUT2D eigenvalue weighted by atomic mass is 10.2. The van der Waals surface area contributed by atoms with E-state index in [4.69, 9.17) is 10.5 Å². The van der Waals surface area contributed by atoms with E-state index in [-0.39, 0.29) is 0 Å². The first-order chi connectivity index (χ1) is 8.67. The Bertz CT molecular complexity index is 497. The number of nitrogens with two attached hydrogens (primary N) is 1. The molecule has 0 aliphatic rings. The number of hydrogen-bond donors (Lipinski definition) is 1. The number of hydrogen-bond acceptors (Lipinski definition) is 4. The topological polar surface area (TPSA) is 38.5 Å². The molecule has 1 aromatic heterocycles. The van der Waals surface area contributed by atoms with E-state index in [0.29, 0.717) is 0 Å². The van der Waals surface area contributed by atoms with Gasteiger partial charge in [-0.05, 0) is 36.2 Å². The van der Waals surface area contributed by atoms with Crippen molar-refractivity contribution in [3.05, 3.63) is 46.2 Å². The molecule has 1 aromatic carbocycles. The second kappa shape index (κ2) is 5.89. The van der Waals surface area contributed by atoms with Crippen molar-refractivity contribution in [2.75, 3.05) is 19.9 Å². The third-order valence-corrected chi connectivity index (χ3v) is 3.54. The smallest absolute Gasteiger partial charge is 0.121 e. The monoisotopic (exact) mass is 262 g/mol. The first-order valence-corrected chi connectivity index (χ1v) is 6.69. The predicted octanol–water partition coefficient (Wildman–Crippen LogP) is 2.97. The summed E-state index contributed by atoms with van der Waals surface area (Å²) in [5.41, 5.74) is 7.77. The Kier molecular flexibility index (Phi) is 4.23. The van der Waals surface area contributed by atoms with Gasteiger partial charge < -0.3 is 10.5 Å². The number of nitrogen functional groups attached to an aromatic ring is 1. The largest absolute Gasteiger partial charge is 0.497 e. The van der Waals surface area contributed by atoms with Crippen LogP contribution < -0.4 is 10.5 Å². The molecular formula is C14H18N2OS. The van der Waals surface area contributed by atoms with E-state index in [1.807, 2.05) is 18.2 Å². The highest BCUT2D eigenvalue weighted by Crippen LogP contribution is 2.20. The van der Waals surface area contributed by atoms with Gasteiger partial charge in [0.1, 0.15) is 5.75 Å². The number of nitrogens with zero attached hydrogens (tertiary/aromatic N) is 1. The van der Waals surface area contributed by atoms with Crippen LogP contribution in [0.3, 0.4) is 0 Å². The lowest BCUT2D eigenvalue weighted by molar-refractivity contribution is 0.321. The normalized spacial score (nSPS) is 10.8. The fourth-order valence-electron chi connectivity index (χ4n) is 1.93. The highest BCUT2D eigenvalue weighted by atomic mass is 32.1. The predicted molar refractivity (Wildman–Crippen MR) is 76.9 cm³/mol. The van der Waals surface area contributed by atoms with E-state index in [1.54, 1.807) is 18.4 Å². The molecule has 0 bridgehead atoms. The van der Waals surface area contributed by atoms with Gasteiger partial charge in [0.25, 0.3) is 0 Å². The van der Waals surface area contributed by atoms with Gasteiger partial charge in [-0.2, -0.15) is 0 Å². The Morgan fingerprint density at radius 3 is 2.78 bits per heavy atom. The van der Waals surface area contributed by atoms with E-state index >= 15 is 0 Å². The molecule has 96 valence electrons. The molecule has 0 fully saturated rings. The van der Waals surface area contributed by atoms with Crippen molar-refractivity contribution in [2.24, 2.45) is 0 Å². The SMILES string of the molecule is COc1cc(N)cc(CN(C)Cc2cccs2)c1. The van der Waals surface area contributed by atoms with E-state index in [9.17, 15) is 0 Å². The number of anilines is 1. The lowest BCUT2D eigenvalue weighted by Gasteiger charge is -2.16. The Morgan fingerprint density at radius 1 is 1.28 bits per heavy atom. The maximum atomic E-state index is 5.85. The Hall–Kier alpha value is -1.52. The summed E-state index contributed by atoms with van der Waals surface area (Å²) in [6.45, 7) is 1.81. The van der Waals surface area contributed by atoms with Gasteiger partial charge in [-0.15, -0.1) is 11.3 Å². The fraction of sp³-hybridized carbons (Fsp3) is 0.286. The molecule has 0 saturated carbocycles. The van der Waals surface area contributed by atoms with Gasteiger partial charge >= 0.3 is 0 Å². The van der Waals surface area contributed by atoms with E-state index < -0.39 is 0 Å². The maximum absolute atomic E-state index is 5.85. The quantitative estimate of drug-likeness (QED) is 0.842. The van der Waals surface area contributed by atoms with Gasteiger partial charge in [-0.25, -0.2) is 0 Å². The Morgan fingerprint density at radius 2 is 2.11 bits per heavy atom. The molecule has 1 heterocycles. The first-order valence-electron chi connectivity index (χ1n) is 5.82. The molecule has 4 heteroatoms. The van der Waals surface area contributed by atoms with E-state index in [0.717, 1.165) is 24.5 Å². The first kappa shape index (κ1) is 12.9. The van der Waals surface area contributed by atoms with Crippen molar-refractivity contribution < 1.29 is 4.74 Å². The van der Waals surface area contributed by atoms with Crippen molar-refractivity contribution >= 4 is 17.0 Å². The van der Waals surface area contributed by atoms with E-state index in [1.165, 1.54) is 10.4 Å². The Labute approximate surface area is 112 Å². The van der Waals surface area contributed by atoms with Crippen LogP contribution in [0.25, 0.3) is 0 Å². The van der Waals surface area contributed by atoms with Gasteiger partial charge in [0.2, 0.25) is 0 Å². The standard InChI is InChI=1S/C14H18N2OS/c1-16(10-14-4-3-5-18-14)9-11-6-12(15)8-13(7-11)17-2/h3-8H,9-10,15H2,1-2H3. The molecule has 0 amide bonds. The average Bonchev–Trinajstić information content (AvgIpc) is 2.80. The summed E-state index contributed by atoms with van der Waals surface area (Å²) < 4.78 is 5.23. The minimum atomic E-state index is 0.744. The summed E-state index contributed by atoms with van der Waals surface area (Å²) in [5, 5.41) is 2.10. The number of thiophene rings is 1. The van der Waals surface area contributed by atoms with Gasteiger partial charge in [-0.1, -0.05) is 6.07 Å². The van der Waals surface area contributed by atoms with Crippen molar-refractivity contribution in [3.63, 3.8) is 0 Å². The van der Waals surface area contributed by atoms with Crippen LogP contribution in [0.5, 0.6) is 5.75 Å². The van der Waals surface area contributed by atoms with Gasteiger partial charge in [0.05, 0.1) is 7.11 Å². The summed E-state index contributed by atoms with van der Waals surface area (Å²) in [6, 6.07) is 10.1. The minimum Gasteiger partial charge on any atom is -0.497 e. The number of ether oxygens (including phenoxy) is 1. The van der Waals surface area contributed by atoms with Crippen LogP contribution >= 0.6 is 11.3 Å². The van der Waals surface area contributed by atoms with Crippen LogP contribution in [0.2, 0.25) is 0 Å². The fourth-order valence-corrected chi connectivity index (χ4v) is 2.72. The van der Waals surface area contributed by atoms with Crippen LogP contribution in [0, 0.1) is 0 Å². The molecule has 3 nitrogen and oxygen atoms in total. The number of benzene rings is 1. The van der Waals surface area contributed by atoms with Gasteiger partial charge in [-0.3, -0.25) is 4.90 Å². The zero-order chi connectivity index (χ0) is 13.0. The number of methoxy groups -OCH3 is 1. The highest BCUT2D eigenvalue weighted by molar-refractivity contribution is 7.09. The number of rotatable bonds is 5. The second-order valence-electron chi connectivity index (χ2n) is 4.37. The zero-order valence-electron chi connectivity index (χ0n) is 10.7. The third kappa shape index (κ3) is 3.48. The highest BCUT2D eigenvalue weighted by Gasteiger charge is 2.05. The van der Waals surface area contributed by atoms with Crippen molar-refractivity contribution in [1.29, 1.82) is 0 Å². The summed E-state index contributed by atoms with van der Waals surface area (Å²) in [7, 11) is 3.77. The van der Waals surface area contributed by atoms with Crippen LogP contribution in [0.15, 0.2) is 35.7 Å². The molecule has 2 aromatic rings. The second-order valence-corrected chi connectivity index (χ2v) is 5.40. The molecule has 0 unspecified atom stereocenters. The van der Waals surface area contributed by atoms with Crippen LogP contribution in [-0.2, 0) is 13.1 Å². The summed E-state index contributed by atoms with van der Waals surface area (Å²) >= 11 is 1.78. The molecule has 2 N–H and O–H groups in total. The molecule has 0 aliphatic carbocycles. The molecule has 0 aliphatic heterocycles. The summed E-state index contributed by atoms with van der Waals surface area (Å²) in [5.74, 6) is 0.814. The van der Waals surface area contributed by atoms with Gasteiger partial charge in [0.15, 0.2) is 0 Å². The van der Waals surface area contributed by atoms with Crippen molar-refractivity contribution in [3.8, 4) is 5.75 Å². The molecule has 0 saturated heterocycles. The lowest BCUT2D eigenvalue weighted by Crippen LogP contribution is -2.16. The average molecular weight is 262 g/mol. The molecule has 0 spiro atoms. The van der Waals surface area contributed by atoms with Crippen LogP contribution in [0.1, 0.15) is 10.4 Å². The van der Waals surface area contributed by atoms with E-state index in [2.05, 4.69) is 29.5 Å². The molecular weight excluding hydrogens is 244 g/mol. The van der Waals surface area contributed by atoms with Crippen LogP contribution in [-0.4, -0.2) is 19.1 Å². The van der Waals surface area contributed by atoms with Crippen LogP contribution in [0.4, 0.5) is 5.69 Å². The Balaban J connectivity index is 2.02. The molecule has 2 rings (SSSR count). The molecule has 18 heavy (non-hydrogen) atoms. The zero-order valence-corrected chi connectivity index (χ0v) is 11.5. The van der Waals surface area contributed by atoms with Gasteiger partial charge in [0, 0.05) is 29.7 Å². The third-order valence-electron chi connectivity index (χ3n) is 2.68.